The van der Waals surface area contributed by atoms with Crippen LogP contribution in [0.25, 0.3) is 10.2 Å². The largest absolute Gasteiger partial charge is 0.284 e. The molecule has 0 aromatic carbocycles. The Morgan fingerprint density at radius 3 is 2.76 bits per heavy atom. The van der Waals surface area contributed by atoms with E-state index in [1.807, 2.05) is 5.38 Å². The summed E-state index contributed by atoms with van der Waals surface area (Å²) < 4.78 is 1.98. The molecule has 0 spiro atoms. The summed E-state index contributed by atoms with van der Waals surface area (Å²) in [5.74, 6) is -0.0838. The van der Waals surface area contributed by atoms with Crippen LogP contribution in [0, 0.1) is 6.92 Å². The summed E-state index contributed by atoms with van der Waals surface area (Å²) >= 11 is 1.31. The average molecular weight is 305 g/mol. The zero-order chi connectivity index (χ0) is 15.4. The van der Waals surface area contributed by atoms with E-state index in [-0.39, 0.29) is 23.8 Å². The number of piperidine rings is 1. The minimum atomic E-state index is -1.06. The Morgan fingerprint density at radius 1 is 1.33 bits per heavy atom. The van der Waals surface area contributed by atoms with Crippen LogP contribution >= 0.6 is 11.3 Å². The molecule has 2 amide bonds. The summed E-state index contributed by atoms with van der Waals surface area (Å²) in [5, 5.41) is 1.81. The highest BCUT2D eigenvalue weighted by Gasteiger charge is 2.45. The maximum atomic E-state index is 12.7. The Bertz CT molecular complexity index is 822. The van der Waals surface area contributed by atoms with Crippen molar-refractivity contribution in [3.8, 4) is 0 Å². The van der Waals surface area contributed by atoms with Crippen LogP contribution in [0.3, 0.4) is 0 Å². The lowest BCUT2D eigenvalue weighted by molar-refractivity contribution is -0.154. The number of amides is 2. The van der Waals surface area contributed by atoms with Gasteiger partial charge in [0.1, 0.15) is 16.1 Å². The molecule has 6 nitrogen and oxygen atoms in total. The number of likely N-dealkylation sites (N-methyl/N-ethyl adjacent to an activating group) is 1. The molecule has 21 heavy (non-hydrogen) atoms. The number of thiophene rings is 1. The Hall–Kier alpha value is -2.02. The first kappa shape index (κ1) is 13.9. The molecule has 2 aromatic rings. The second-order valence-electron chi connectivity index (χ2n) is 5.47. The van der Waals surface area contributed by atoms with Gasteiger partial charge in [-0.2, -0.15) is 0 Å². The molecule has 2 aromatic heterocycles. The monoisotopic (exact) mass is 305 g/mol. The van der Waals surface area contributed by atoms with Crippen molar-refractivity contribution in [3.63, 3.8) is 0 Å². The van der Waals surface area contributed by atoms with Crippen molar-refractivity contribution < 1.29 is 9.59 Å². The number of rotatable bonds is 1. The van der Waals surface area contributed by atoms with E-state index in [2.05, 4.69) is 4.98 Å². The minimum Gasteiger partial charge on any atom is -0.284 e. The van der Waals surface area contributed by atoms with Crippen molar-refractivity contribution in [2.45, 2.75) is 32.2 Å². The summed E-state index contributed by atoms with van der Waals surface area (Å²) in [6.45, 7) is 3.42. The number of carbonyl (C=O) groups is 2. The van der Waals surface area contributed by atoms with Gasteiger partial charge in [0.05, 0.1) is 5.52 Å². The van der Waals surface area contributed by atoms with Crippen LogP contribution in [-0.2, 0) is 15.1 Å². The standard InChI is InChI=1S/C14H15N3O3S/c1-8-15-9-5-7-21-11(9)12(19)17(8)14(2)6-4-10(18)16(3)13(14)20/h5,7H,4,6H2,1-3H3. The van der Waals surface area contributed by atoms with Gasteiger partial charge in [-0.1, -0.05) is 0 Å². The van der Waals surface area contributed by atoms with Crippen molar-refractivity contribution in [1.29, 1.82) is 0 Å². The van der Waals surface area contributed by atoms with Gasteiger partial charge in [0, 0.05) is 13.5 Å². The topological polar surface area (TPSA) is 72.3 Å². The van der Waals surface area contributed by atoms with E-state index in [1.54, 1.807) is 19.9 Å². The van der Waals surface area contributed by atoms with Gasteiger partial charge in [-0.3, -0.25) is 23.9 Å². The third kappa shape index (κ3) is 1.84. The number of aryl methyl sites for hydroxylation is 1. The number of nitrogens with zero attached hydrogens (tertiary/aromatic N) is 3. The molecule has 0 N–H and O–H groups in total. The van der Waals surface area contributed by atoms with Crippen molar-refractivity contribution >= 4 is 33.4 Å². The molecule has 1 saturated heterocycles. The van der Waals surface area contributed by atoms with E-state index < -0.39 is 5.54 Å². The lowest BCUT2D eigenvalue weighted by Gasteiger charge is -2.38. The van der Waals surface area contributed by atoms with Gasteiger partial charge < -0.3 is 0 Å². The number of carbonyl (C=O) groups excluding carboxylic acids is 2. The van der Waals surface area contributed by atoms with Crippen molar-refractivity contribution in [2.75, 3.05) is 7.05 Å². The molecule has 1 unspecified atom stereocenters. The fourth-order valence-electron chi connectivity index (χ4n) is 2.91. The fraction of sp³-hybridized carbons (Fsp3) is 0.429. The predicted molar refractivity (Wildman–Crippen MR) is 79.3 cm³/mol. The van der Waals surface area contributed by atoms with Crippen LogP contribution in [0.2, 0.25) is 0 Å². The lowest BCUT2D eigenvalue weighted by Crippen LogP contribution is -2.57. The molecule has 0 aliphatic carbocycles. The van der Waals surface area contributed by atoms with E-state index in [4.69, 9.17) is 0 Å². The van der Waals surface area contributed by atoms with Crippen LogP contribution in [0.4, 0.5) is 0 Å². The molecule has 7 heteroatoms. The third-order valence-corrected chi connectivity index (χ3v) is 5.00. The zero-order valence-electron chi connectivity index (χ0n) is 12.0. The van der Waals surface area contributed by atoms with Crippen molar-refractivity contribution in [3.05, 3.63) is 27.6 Å². The number of likely N-dealkylation sites (tertiary alicyclic amines) is 1. The van der Waals surface area contributed by atoms with Gasteiger partial charge in [-0.15, -0.1) is 11.3 Å². The lowest BCUT2D eigenvalue weighted by atomic mass is 9.89. The van der Waals surface area contributed by atoms with Crippen LogP contribution in [0.1, 0.15) is 25.6 Å². The second kappa shape index (κ2) is 4.49. The van der Waals surface area contributed by atoms with Gasteiger partial charge in [-0.25, -0.2) is 4.98 Å². The van der Waals surface area contributed by atoms with Gasteiger partial charge in [0.25, 0.3) is 11.5 Å². The first-order valence-electron chi connectivity index (χ1n) is 6.64. The highest BCUT2D eigenvalue weighted by molar-refractivity contribution is 7.17. The first-order chi connectivity index (χ1) is 9.86. The normalized spacial score (nSPS) is 23.1. The summed E-state index contributed by atoms with van der Waals surface area (Å²) in [6.07, 6.45) is 0.557. The highest BCUT2D eigenvalue weighted by atomic mass is 32.1. The van der Waals surface area contributed by atoms with E-state index in [0.717, 1.165) is 4.90 Å². The number of hydrogen-bond acceptors (Lipinski definition) is 5. The van der Waals surface area contributed by atoms with Crippen molar-refractivity contribution in [2.24, 2.45) is 0 Å². The second-order valence-corrected chi connectivity index (χ2v) is 6.38. The van der Waals surface area contributed by atoms with E-state index in [9.17, 15) is 14.4 Å². The van der Waals surface area contributed by atoms with E-state index in [0.29, 0.717) is 22.5 Å². The van der Waals surface area contributed by atoms with E-state index in [1.165, 1.54) is 23.0 Å². The number of imide groups is 1. The molecular weight excluding hydrogens is 290 g/mol. The molecule has 3 rings (SSSR count). The molecule has 1 aliphatic rings. The fourth-order valence-corrected chi connectivity index (χ4v) is 3.67. The smallest absolute Gasteiger partial charge is 0.272 e. The highest BCUT2D eigenvalue weighted by Crippen LogP contribution is 2.30. The van der Waals surface area contributed by atoms with Crippen LogP contribution in [0.15, 0.2) is 16.2 Å². The quantitative estimate of drug-likeness (QED) is 0.744. The molecule has 0 bridgehead atoms. The summed E-state index contributed by atoms with van der Waals surface area (Å²) in [7, 11) is 1.46. The van der Waals surface area contributed by atoms with Gasteiger partial charge in [0.15, 0.2) is 0 Å². The Labute approximate surface area is 125 Å². The number of fused-ring (bicyclic) bond motifs is 1. The van der Waals surface area contributed by atoms with Gasteiger partial charge >= 0.3 is 0 Å². The minimum absolute atomic E-state index is 0.215. The molecule has 0 radical (unpaired) electrons. The average Bonchev–Trinajstić information content (AvgIpc) is 2.90. The van der Waals surface area contributed by atoms with Crippen LogP contribution in [-0.4, -0.2) is 33.3 Å². The zero-order valence-corrected chi connectivity index (χ0v) is 12.9. The number of aromatic nitrogens is 2. The summed E-state index contributed by atoms with van der Waals surface area (Å²) in [5.41, 5.74) is -0.629. The Morgan fingerprint density at radius 2 is 2.05 bits per heavy atom. The van der Waals surface area contributed by atoms with Gasteiger partial charge in [0.2, 0.25) is 5.91 Å². The Balaban J connectivity index is 2.26. The third-order valence-electron chi connectivity index (χ3n) is 4.11. The van der Waals surface area contributed by atoms with Gasteiger partial charge in [-0.05, 0) is 31.7 Å². The maximum Gasteiger partial charge on any atom is 0.272 e. The molecule has 1 aliphatic heterocycles. The molecule has 1 atom stereocenters. The number of hydrogen-bond donors (Lipinski definition) is 0. The molecule has 110 valence electrons. The predicted octanol–water partition coefficient (Wildman–Crippen LogP) is 1.26. The molecule has 3 heterocycles. The summed E-state index contributed by atoms with van der Waals surface area (Å²) in [6, 6.07) is 1.79. The Kier molecular flexibility index (Phi) is 2.98. The van der Waals surface area contributed by atoms with E-state index >= 15 is 0 Å². The summed E-state index contributed by atoms with van der Waals surface area (Å²) in [4.78, 5) is 42.5. The van der Waals surface area contributed by atoms with Crippen molar-refractivity contribution in [1.82, 2.24) is 14.5 Å². The van der Waals surface area contributed by atoms with Crippen LogP contribution < -0.4 is 5.56 Å². The molecule has 1 fully saturated rings. The maximum absolute atomic E-state index is 12.7. The molecular formula is C14H15N3O3S. The SMILES string of the molecule is Cc1nc2ccsc2c(=O)n1C1(C)CCC(=O)N(C)C1=O. The van der Waals surface area contributed by atoms with Crippen LogP contribution in [0.5, 0.6) is 0 Å². The molecule has 0 saturated carbocycles. The first-order valence-corrected chi connectivity index (χ1v) is 7.52.